The van der Waals surface area contributed by atoms with E-state index in [9.17, 15) is 0 Å². The van der Waals surface area contributed by atoms with E-state index in [0.29, 0.717) is 12.1 Å². The number of rotatable bonds is 4. The second-order valence-electron chi connectivity index (χ2n) is 4.47. The molecule has 1 saturated carbocycles. The molecule has 0 bridgehead atoms. The molecule has 0 unspecified atom stereocenters. The van der Waals surface area contributed by atoms with Crippen LogP contribution in [0.2, 0.25) is 0 Å². The van der Waals surface area contributed by atoms with Gasteiger partial charge in [-0.25, -0.2) is 4.98 Å². The number of nitrogens with zero attached hydrogens (tertiary/aromatic N) is 2. The molecule has 2 rings (SSSR count). The zero-order valence-corrected chi connectivity index (χ0v) is 10.1. The van der Waals surface area contributed by atoms with Gasteiger partial charge in [0.05, 0.1) is 18.0 Å². The van der Waals surface area contributed by atoms with Gasteiger partial charge in [0.15, 0.2) is 0 Å². The van der Waals surface area contributed by atoms with Gasteiger partial charge in [-0.1, -0.05) is 0 Å². The predicted molar refractivity (Wildman–Crippen MR) is 66.0 cm³/mol. The predicted octanol–water partition coefficient (Wildman–Crippen LogP) is 1.74. The molecule has 1 heterocycles. The van der Waals surface area contributed by atoms with Gasteiger partial charge in [-0.3, -0.25) is 0 Å². The van der Waals surface area contributed by atoms with E-state index in [2.05, 4.69) is 16.4 Å². The Kier molecular flexibility index (Phi) is 3.29. The summed E-state index contributed by atoms with van der Waals surface area (Å²) in [6.07, 6.45) is 4.50. The summed E-state index contributed by atoms with van der Waals surface area (Å²) in [5, 5.41) is 3.45. The molecule has 1 aromatic rings. The molecule has 1 aromatic heterocycles. The van der Waals surface area contributed by atoms with Crippen LogP contribution in [0.25, 0.3) is 0 Å². The molecular formula is C12H19N3O. The highest BCUT2D eigenvalue weighted by Gasteiger charge is 2.28. The Morgan fingerprint density at radius 3 is 2.62 bits per heavy atom. The summed E-state index contributed by atoms with van der Waals surface area (Å²) in [5.74, 6) is 0.980. The molecule has 4 heteroatoms. The summed E-state index contributed by atoms with van der Waals surface area (Å²) in [6, 6.07) is 4.63. The molecule has 1 fully saturated rings. The van der Waals surface area contributed by atoms with Gasteiger partial charge in [0.2, 0.25) is 0 Å². The lowest BCUT2D eigenvalue weighted by molar-refractivity contribution is 0.0328. The van der Waals surface area contributed by atoms with Crippen molar-refractivity contribution in [1.82, 2.24) is 4.98 Å². The fourth-order valence-electron chi connectivity index (χ4n) is 1.85. The van der Waals surface area contributed by atoms with Crippen LogP contribution < -0.4 is 10.2 Å². The fourth-order valence-corrected chi connectivity index (χ4v) is 1.85. The maximum atomic E-state index is 5.24. The van der Waals surface area contributed by atoms with Gasteiger partial charge in [-0.2, -0.15) is 0 Å². The van der Waals surface area contributed by atoms with Crippen molar-refractivity contribution in [3.05, 3.63) is 18.3 Å². The van der Waals surface area contributed by atoms with Crippen molar-refractivity contribution in [3.63, 3.8) is 0 Å². The number of hydrogen-bond donors (Lipinski definition) is 1. The van der Waals surface area contributed by atoms with E-state index in [1.54, 1.807) is 7.11 Å². The summed E-state index contributed by atoms with van der Waals surface area (Å²) >= 11 is 0. The highest BCUT2D eigenvalue weighted by molar-refractivity contribution is 5.48. The molecule has 4 nitrogen and oxygen atoms in total. The molecule has 16 heavy (non-hydrogen) atoms. The Morgan fingerprint density at radius 2 is 2.12 bits per heavy atom. The molecule has 0 spiro atoms. The fraction of sp³-hybridized carbons (Fsp3) is 0.583. The van der Waals surface area contributed by atoms with Crippen molar-refractivity contribution in [3.8, 4) is 0 Å². The van der Waals surface area contributed by atoms with Gasteiger partial charge in [-0.15, -0.1) is 0 Å². The Balaban J connectivity index is 1.86. The van der Waals surface area contributed by atoms with Gasteiger partial charge in [0.1, 0.15) is 5.82 Å². The molecule has 0 atom stereocenters. The molecular weight excluding hydrogens is 202 g/mol. The smallest absolute Gasteiger partial charge is 0.128 e. The normalized spacial score (nSPS) is 23.7. The summed E-state index contributed by atoms with van der Waals surface area (Å²) < 4.78 is 5.24. The summed E-state index contributed by atoms with van der Waals surface area (Å²) in [7, 11) is 5.75. The number of aromatic nitrogens is 1. The minimum Gasteiger partial charge on any atom is -0.381 e. The summed E-state index contributed by atoms with van der Waals surface area (Å²) in [6.45, 7) is 0. The van der Waals surface area contributed by atoms with E-state index in [0.717, 1.165) is 24.3 Å². The van der Waals surface area contributed by atoms with E-state index >= 15 is 0 Å². The Labute approximate surface area is 96.6 Å². The van der Waals surface area contributed by atoms with Crippen LogP contribution in [0.15, 0.2) is 18.3 Å². The molecule has 88 valence electrons. The summed E-state index contributed by atoms with van der Waals surface area (Å²) in [5.41, 5.74) is 1.09. The third kappa shape index (κ3) is 2.44. The number of pyridine rings is 1. The van der Waals surface area contributed by atoms with Crippen LogP contribution in [0.4, 0.5) is 11.5 Å². The molecule has 1 aliphatic carbocycles. The van der Waals surface area contributed by atoms with Crippen molar-refractivity contribution >= 4 is 11.5 Å². The molecule has 1 N–H and O–H groups in total. The third-order valence-electron chi connectivity index (χ3n) is 3.01. The Hall–Kier alpha value is -1.29. The lowest BCUT2D eigenvalue weighted by atomic mass is 9.89. The standard InChI is InChI=1S/C12H19N3O/c1-15(2)12-5-4-9(8-13-12)14-10-6-11(7-10)16-3/h4-5,8,10-11,14H,6-7H2,1-3H3. The maximum absolute atomic E-state index is 5.24. The average Bonchev–Trinajstić information content (AvgIpc) is 2.23. The van der Waals surface area contributed by atoms with Gasteiger partial charge < -0.3 is 15.0 Å². The average molecular weight is 221 g/mol. The highest BCUT2D eigenvalue weighted by atomic mass is 16.5. The van der Waals surface area contributed by atoms with Crippen molar-refractivity contribution in [1.29, 1.82) is 0 Å². The second kappa shape index (κ2) is 4.70. The van der Waals surface area contributed by atoms with Crippen LogP contribution in [0.5, 0.6) is 0 Å². The second-order valence-corrected chi connectivity index (χ2v) is 4.47. The van der Waals surface area contributed by atoms with Crippen LogP contribution in [-0.2, 0) is 4.74 Å². The zero-order chi connectivity index (χ0) is 11.5. The van der Waals surface area contributed by atoms with E-state index in [1.807, 2.05) is 31.3 Å². The SMILES string of the molecule is COC1CC(Nc2ccc(N(C)C)nc2)C1. The maximum Gasteiger partial charge on any atom is 0.128 e. The lowest BCUT2D eigenvalue weighted by Gasteiger charge is -2.35. The number of ether oxygens (including phenoxy) is 1. The van der Waals surface area contributed by atoms with Crippen molar-refractivity contribution in [2.24, 2.45) is 0 Å². The lowest BCUT2D eigenvalue weighted by Crippen LogP contribution is -2.40. The van der Waals surface area contributed by atoms with Crippen LogP contribution in [0.3, 0.4) is 0 Å². The third-order valence-corrected chi connectivity index (χ3v) is 3.01. The molecule has 1 aliphatic rings. The van der Waals surface area contributed by atoms with E-state index in [4.69, 9.17) is 4.74 Å². The Bertz CT molecular complexity index is 331. The first-order valence-electron chi connectivity index (χ1n) is 5.61. The number of hydrogen-bond acceptors (Lipinski definition) is 4. The monoisotopic (exact) mass is 221 g/mol. The number of anilines is 2. The van der Waals surface area contributed by atoms with Crippen LogP contribution in [0, 0.1) is 0 Å². The molecule has 0 amide bonds. The Morgan fingerprint density at radius 1 is 1.38 bits per heavy atom. The van der Waals surface area contributed by atoms with E-state index in [1.165, 1.54) is 0 Å². The van der Waals surface area contributed by atoms with Gasteiger partial charge >= 0.3 is 0 Å². The largest absolute Gasteiger partial charge is 0.381 e. The quantitative estimate of drug-likeness (QED) is 0.840. The first kappa shape index (κ1) is 11.2. The minimum absolute atomic E-state index is 0.437. The summed E-state index contributed by atoms with van der Waals surface area (Å²) in [4.78, 5) is 6.36. The first-order chi connectivity index (χ1) is 7.69. The molecule has 0 radical (unpaired) electrons. The van der Waals surface area contributed by atoms with Crippen molar-refractivity contribution in [2.75, 3.05) is 31.4 Å². The highest BCUT2D eigenvalue weighted by Crippen LogP contribution is 2.26. The van der Waals surface area contributed by atoms with E-state index < -0.39 is 0 Å². The molecule has 0 saturated heterocycles. The van der Waals surface area contributed by atoms with Crippen LogP contribution in [-0.4, -0.2) is 38.3 Å². The topological polar surface area (TPSA) is 37.4 Å². The molecule has 0 aliphatic heterocycles. The molecule has 0 aromatic carbocycles. The van der Waals surface area contributed by atoms with E-state index in [-0.39, 0.29) is 0 Å². The number of nitrogens with one attached hydrogen (secondary N) is 1. The zero-order valence-electron chi connectivity index (χ0n) is 10.1. The van der Waals surface area contributed by atoms with Gasteiger partial charge in [0.25, 0.3) is 0 Å². The number of methoxy groups -OCH3 is 1. The van der Waals surface area contributed by atoms with Crippen LogP contribution in [0.1, 0.15) is 12.8 Å². The first-order valence-corrected chi connectivity index (χ1v) is 5.61. The van der Waals surface area contributed by atoms with Crippen molar-refractivity contribution in [2.45, 2.75) is 25.0 Å². The van der Waals surface area contributed by atoms with Crippen molar-refractivity contribution < 1.29 is 4.74 Å². The van der Waals surface area contributed by atoms with Gasteiger partial charge in [-0.05, 0) is 25.0 Å². The van der Waals surface area contributed by atoms with Crippen LogP contribution >= 0.6 is 0 Å². The minimum atomic E-state index is 0.437. The van der Waals surface area contributed by atoms with Gasteiger partial charge in [0, 0.05) is 27.2 Å².